The predicted octanol–water partition coefficient (Wildman–Crippen LogP) is 2.73. The van der Waals surface area contributed by atoms with Crippen LogP contribution in [0, 0.1) is 5.82 Å². The fraction of sp³-hybridized carbons (Fsp3) is 0.250. The van der Waals surface area contributed by atoms with Crippen molar-refractivity contribution >= 4 is 35.0 Å². The second kappa shape index (κ2) is 6.23. The van der Waals surface area contributed by atoms with Crippen molar-refractivity contribution in [2.75, 3.05) is 5.32 Å². The van der Waals surface area contributed by atoms with Gasteiger partial charge in [-0.3, -0.25) is 4.79 Å². The Morgan fingerprint density at radius 2 is 2.30 bits per heavy atom. The molecule has 0 bridgehead atoms. The first-order chi connectivity index (χ1) is 9.47. The highest BCUT2D eigenvalue weighted by atomic mass is 35.5. The average molecular weight is 315 g/mol. The van der Waals surface area contributed by atoms with Crippen LogP contribution in [0.15, 0.2) is 29.7 Å². The number of aryl methyl sites for hydroxylation is 1. The third kappa shape index (κ3) is 3.49. The highest BCUT2D eigenvalue weighted by molar-refractivity contribution is 8.00. The van der Waals surface area contributed by atoms with E-state index in [2.05, 4.69) is 15.5 Å². The zero-order valence-electron chi connectivity index (χ0n) is 10.8. The predicted molar refractivity (Wildman–Crippen MR) is 76.4 cm³/mol. The van der Waals surface area contributed by atoms with Crippen molar-refractivity contribution in [1.82, 2.24) is 14.8 Å². The molecule has 1 aromatic carbocycles. The SMILES string of the molecule is CC(Sc1nncn1C)C(=O)Nc1ccc(F)cc1Cl. The average Bonchev–Trinajstić information content (AvgIpc) is 2.78. The molecule has 0 aliphatic rings. The van der Waals surface area contributed by atoms with Gasteiger partial charge in [-0.1, -0.05) is 23.4 Å². The van der Waals surface area contributed by atoms with Gasteiger partial charge in [0.05, 0.1) is 16.0 Å². The Labute approximate surface area is 124 Å². The third-order valence-electron chi connectivity index (χ3n) is 2.51. The molecule has 0 radical (unpaired) electrons. The van der Waals surface area contributed by atoms with Crippen molar-refractivity contribution in [3.63, 3.8) is 0 Å². The van der Waals surface area contributed by atoms with E-state index in [1.807, 2.05) is 0 Å². The van der Waals surface area contributed by atoms with Crippen LogP contribution in [0.2, 0.25) is 5.02 Å². The van der Waals surface area contributed by atoms with Gasteiger partial charge in [-0.2, -0.15) is 0 Å². The van der Waals surface area contributed by atoms with Gasteiger partial charge >= 0.3 is 0 Å². The normalized spacial score (nSPS) is 12.2. The van der Waals surface area contributed by atoms with E-state index >= 15 is 0 Å². The molecule has 2 aromatic rings. The number of benzene rings is 1. The summed E-state index contributed by atoms with van der Waals surface area (Å²) in [5, 5.41) is 10.7. The number of nitrogens with one attached hydrogen (secondary N) is 1. The van der Waals surface area contributed by atoms with E-state index in [4.69, 9.17) is 11.6 Å². The Morgan fingerprint density at radius 1 is 1.55 bits per heavy atom. The molecule has 1 heterocycles. The maximum atomic E-state index is 12.9. The molecule has 1 aromatic heterocycles. The Bertz CT molecular complexity index is 634. The molecular weight excluding hydrogens is 303 g/mol. The lowest BCUT2D eigenvalue weighted by atomic mass is 10.3. The zero-order chi connectivity index (χ0) is 14.7. The van der Waals surface area contributed by atoms with Gasteiger partial charge in [-0.05, 0) is 25.1 Å². The quantitative estimate of drug-likeness (QED) is 0.882. The minimum absolute atomic E-state index is 0.161. The highest BCUT2D eigenvalue weighted by Crippen LogP contribution is 2.25. The molecule has 106 valence electrons. The van der Waals surface area contributed by atoms with Gasteiger partial charge in [0.2, 0.25) is 5.91 Å². The number of hydrogen-bond donors (Lipinski definition) is 1. The molecule has 1 atom stereocenters. The molecule has 1 N–H and O–H groups in total. The van der Waals surface area contributed by atoms with Crippen LogP contribution < -0.4 is 5.32 Å². The van der Waals surface area contributed by atoms with E-state index in [0.717, 1.165) is 6.07 Å². The van der Waals surface area contributed by atoms with E-state index in [-0.39, 0.29) is 16.2 Å². The topological polar surface area (TPSA) is 59.8 Å². The van der Waals surface area contributed by atoms with Crippen molar-refractivity contribution in [2.24, 2.45) is 7.05 Å². The first-order valence-corrected chi connectivity index (χ1v) is 6.99. The van der Waals surface area contributed by atoms with Crippen molar-refractivity contribution in [2.45, 2.75) is 17.3 Å². The fourth-order valence-electron chi connectivity index (χ4n) is 1.42. The monoisotopic (exact) mass is 314 g/mol. The number of carbonyl (C=O) groups is 1. The van der Waals surface area contributed by atoms with Crippen LogP contribution in [-0.4, -0.2) is 25.9 Å². The number of aromatic nitrogens is 3. The molecule has 0 saturated carbocycles. The molecule has 2 rings (SSSR count). The molecule has 1 unspecified atom stereocenters. The minimum atomic E-state index is -0.450. The van der Waals surface area contributed by atoms with E-state index in [1.165, 1.54) is 23.9 Å². The largest absolute Gasteiger partial charge is 0.324 e. The standard InChI is InChI=1S/C12H12ClFN4OS/c1-7(20-12-17-15-6-18(12)2)11(19)16-10-4-3-8(14)5-9(10)13/h3-7H,1-2H3,(H,16,19). The van der Waals surface area contributed by atoms with Gasteiger partial charge in [-0.15, -0.1) is 10.2 Å². The van der Waals surface area contributed by atoms with Gasteiger partial charge in [0.25, 0.3) is 0 Å². The smallest absolute Gasteiger partial charge is 0.237 e. The Hall–Kier alpha value is -1.60. The summed E-state index contributed by atoms with van der Waals surface area (Å²) in [6, 6.07) is 3.81. The Kier molecular flexibility index (Phi) is 4.61. The first-order valence-electron chi connectivity index (χ1n) is 5.74. The zero-order valence-corrected chi connectivity index (χ0v) is 12.4. The Morgan fingerprint density at radius 3 is 2.90 bits per heavy atom. The first kappa shape index (κ1) is 14.8. The molecule has 1 amide bonds. The van der Waals surface area contributed by atoms with E-state index in [9.17, 15) is 9.18 Å². The van der Waals surface area contributed by atoms with Crippen LogP contribution in [-0.2, 0) is 11.8 Å². The maximum absolute atomic E-state index is 12.9. The lowest BCUT2D eigenvalue weighted by Gasteiger charge is -2.12. The van der Waals surface area contributed by atoms with E-state index in [1.54, 1.807) is 24.9 Å². The molecule has 0 aliphatic carbocycles. The summed E-state index contributed by atoms with van der Waals surface area (Å²) in [5.41, 5.74) is 0.378. The number of amides is 1. The summed E-state index contributed by atoms with van der Waals surface area (Å²) in [7, 11) is 1.80. The van der Waals surface area contributed by atoms with Crippen molar-refractivity contribution in [3.05, 3.63) is 35.4 Å². The lowest BCUT2D eigenvalue weighted by molar-refractivity contribution is -0.115. The number of carbonyl (C=O) groups excluding carboxylic acids is 1. The molecule has 0 fully saturated rings. The van der Waals surface area contributed by atoms with Gasteiger partial charge in [0, 0.05) is 7.05 Å². The van der Waals surface area contributed by atoms with Crippen molar-refractivity contribution in [3.8, 4) is 0 Å². The molecule has 20 heavy (non-hydrogen) atoms. The number of nitrogens with zero attached hydrogens (tertiary/aromatic N) is 3. The van der Waals surface area contributed by atoms with E-state index in [0.29, 0.717) is 10.8 Å². The minimum Gasteiger partial charge on any atom is -0.324 e. The summed E-state index contributed by atoms with van der Waals surface area (Å²) < 4.78 is 14.6. The third-order valence-corrected chi connectivity index (χ3v) is 3.97. The van der Waals surface area contributed by atoms with Crippen molar-refractivity contribution < 1.29 is 9.18 Å². The molecule has 0 spiro atoms. The van der Waals surface area contributed by atoms with Gasteiger partial charge < -0.3 is 9.88 Å². The molecular formula is C12H12ClFN4OS. The van der Waals surface area contributed by atoms with Crippen LogP contribution >= 0.6 is 23.4 Å². The number of anilines is 1. The molecule has 8 heteroatoms. The van der Waals surface area contributed by atoms with Crippen LogP contribution in [0.1, 0.15) is 6.92 Å². The molecule has 5 nitrogen and oxygen atoms in total. The number of halogens is 2. The van der Waals surface area contributed by atoms with Gasteiger partial charge in [0.1, 0.15) is 12.1 Å². The number of hydrogen-bond acceptors (Lipinski definition) is 4. The Balaban J connectivity index is 2.02. The summed E-state index contributed by atoms with van der Waals surface area (Å²) in [6.07, 6.45) is 1.56. The van der Waals surface area contributed by atoms with E-state index < -0.39 is 5.82 Å². The fourth-order valence-corrected chi connectivity index (χ4v) is 2.42. The van der Waals surface area contributed by atoms with Crippen LogP contribution in [0.3, 0.4) is 0 Å². The number of rotatable bonds is 4. The highest BCUT2D eigenvalue weighted by Gasteiger charge is 2.18. The van der Waals surface area contributed by atoms with Gasteiger partial charge in [-0.25, -0.2) is 4.39 Å². The second-order valence-electron chi connectivity index (χ2n) is 4.10. The lowest BCUT2D eigenvalue weighted by Crippen LogP contribution is -2.23. The summed E-state index contributed by atoms with van der Waals surface area (Å²) in [4.78, 5) is 12.0. The number of thioether (sulfide) groups is 1. The summed E-state index contributed by atoms with van der Waals surface area (Å²) in [6.45, 7) is 1.74. The second-order valence-corrected chi connectivity index (χ2v) is 5.81. The maximum Gasteiger partial charge on any atom is 0.237 e. The molecule has 0 aliphatic heterocycles. The van der Waals surface area contributed by atoms with Gasteiger partial charge in [0.15, 0.2) is 5.16 Å². The summed E-state index contributed by atoms with van der Waals surface area (Å²) >= 11 is 7.13. The van der Waals surface area contributed by atoms with Crippen molar-refractivity contribution in [1.29, 1.82) is 0 Å². The summed E-state index contributed by atoms with van der Waals surface area (Å²) in [5.74, 6) is -0.694. The van der Waals surface area contributed by atoms with Crippen LogP contribution in [0.25, 0.3) is 0 Å². The van der Waals surface area contributed by atoms with Crippen LogP contribution in [0.4, 0.5) is 10.1 Å². The molecule has 0 saturated heterocycles. The van der Waals surface area contributed by atoms with Crippen LogP contribution in [0.5, 0.6) is 0 Å².